The van der Waals surface area contributed by atoms with E-state index in [0.29, 0.717) is 25.4 Å². The standard InChI is InChI=1S/C39H49F3N6O5/c1-23-14-25-16-26(15-23)38(18-25,35(51)52)45-34(50)30-19-43-36(44-33(30)39(40,41)42)48-22-37(10-4-3-5-11-37)31-17-29(6-7-32(31)48)53-28-8-12-46(13-9-28)27-20-47(21-27)24(2)49/h6-7,17,19,23,25-28H,3-5,8-16,18,20-22H2,1-2H3,(H,45,50)(H,51,52). The van der Waals surface area contributed by atoms with E-state index in [1.165, 1.54) is 0 Å². The molecule has 8 rings (SSSR count). The molecule has 6 aliphatic rings. The molecule has 2 saturated heterocycles. The number of alkyl halides is 3. The van der Waals surface area contributed by atoms with Crippen molar-refractivity contribution in [1.82, 2.24) is 25.1 Å². The van der Waals surface area contributed by atoms with E-state index < -0.39 is 34.8 Å². The Morgan fingerprint density at radius 1 is 1.04 bits per heavy atom. The molecule has 286 valence electrons. The van der Waals surface area contributed by atoms with Gasteiger partial charge in [-0.3, -0.25) is 14.5 Å². The normalized spacial score (nSPS) is 28.8. The fraction of sp³-hybridized carbons (Fsp3) is 0.667. The monoisotopic (exact) mass is 738 g/mol. The van der Waals surface area contributed by atoms with Crippen molar-refractivity contribution < 1.29 is 37.4 Å². The summed E-state index contributed by atoms with van der Waals surface area (Å²) >= 11 is 0. The van der Waals surface area contributed by atoms with Gasteiger partial charge in [-0.25, -0.2) is 14.8 Å². The Labute approximate surface area is 307 Å². The van der Waals surface area contributed by atoms with Crippen molar-refractivity contribution in [3.05, 3.63) is 41.2 Å². The Morgan fingerprint density at radius 2 is 1.77 bits per heavy atom. The number of anilines is 2. The number of aromatic nitrogens is 2. The summed E-state index contributed by atoms with van der Waals surface area (Å²) in [5.74, 6) is -1.59. The number of fused-ring (bicyclic) bond motifs is 4. The lowest BCUT2D eigenvalue weighted by Gasteiger charge is -2.47. The van der Waals surface area contributed by atoms with Crippen molar-refractivity contribution in [2.45, 2.75) is 114 Å². The van der Waals surface area contributed by atoms with Crippen molar-refractivity contribution in [1.29, 1.82) is 0 Å². The van der Waals surface area contributed by atoms with Gasteiger partial charge in [0.15, 0.2) is 5.69 Å². The van der Waals surface area contributed by atoms with Gasteiger partial charge in [0.1, 0.15) is 17.4 Å². The third kappa shape index (κ3) is 6.52. The van der Waals surface area contributed by atoms with Gasteiger partial charge in [0.25, 0.3) is 5.91 Å². The minimum atomic E-state index is -4.98. The maximum atomic E-state index is 14.7. The Balaban J connectivity index is 1.03. The van der Waals surface area contributed by atoms with Crippen LogP contribution in [-0.4, -0.2) is 93.1 Å². The van der Waals surface area contributed by atoms with Gasteiger partial charge < -0.3 is 25.0 Å². The Bertz CT molecular complexity index is 1770. The van der Waals surface area contributed by atoms with Crippen LogP contribution in [0.4, 0.5) is 24.8 Å². The number of hydrogen-bond acceptors (Lipinski definition) is 8. The van der Waals surface area contributed by atoms with Crippen LogP contribution < -0.4 is 15.0 Å². The molecule has 53 heavy (non-hydrogen) atoms. The third-order valence-corrected chi connectivity index (χ3v) is 13.3. The number of ether oxygens (including phenoxy) is 1. The number of halogens is 3. The smallest absolute Gasteiger partial charge is 0.434 e. The van der Waals surface area contributed by atoms with Crippen LogP contribution in [0.15, 0.2) is 24.4 Å². The SMILES string of the molecule is CC(=O)N1CC(N2CCC(Oc3ccc4c(c3)C3(CCCCC3)CN4c3ncc(C(=O)NC4(C(=O)O)CC5CC(C)CC4C5)c(C(F)(F)F)n3)CC2)C1. The van der Waals surface area contributed by atoms with Gasteiger partial charge in [-0.15, -0.1) is 0 Å². The van der Waals surface area contributed by atoms with Crippen LogP contribution in [0.3, 0.4) is 0 Å². The lowest BCUT2D eigenvalue weighted by atomic mass is 9.71. The highest BCUT2D eigenvalue weighted by molar-refractivity contribution is 5.99. The van der Waals surface area contributed by atoms with Crippen molar-refractivity contribution in [3.63, 3.8) is 0 Å². The first kappa shape index (κ1) is 36.1. The lowest BCUT2D eigenvalue weighted by molar-refractivity contribution is -0.146. The highest BCUT2D eigenvalue weighted by atomic mass is 19.4. The number of piperidine rings is 1. The fourth-order valence-corrected chi connectivity index (χ4v) is 10.6. The minimum Gasteiger partial charge on any atom is -0.490 e. The van der Waals surface area contributed by atoms with Crippen LogP contribution in [0, 0.1) is 17.8 Å². The molecule has 1 aromatic carbocycles. The number of amides is 2. The summed E-state index contributed by atoms with van der Waals surface area (Å²) < 4.78 is 50.7. The van der Waals surface area contributed by atoms with E-state index >= 15 is 0 Å². The van der Waals surface area contributed by atoms with Crippen molar-refractivity contribution in [2.75, 3.05) is 37.6 Å². The van der Waals surface area contributed by atoms with Crippen LogP contribution in [0.1, 0.15) is 106 Å². The molecule has 1 spiro atoms. The summed E-state index contributed by atoms with van der Waals surface area (Å²) in [6.07, 6.45) is 4.80. The molecule has 4 unspecified atom stereocenters. The van der Waals surface area contributed by atoms with Gasteiger partial charge in [-0.05, 0) is 92.9 Å². The number of carboxylic acid groups (broad SMARTS) is 1. The second-order valence-corrected chi connectivity index (χ2v) is 16.8. The topological polar surface area (TPSA) is 128 Å². The maximum Gasteiger partial charge on any atom is 0.434 e. The minimum absolute atomic E-state index is 0.0388. The van der Waals surface area contributed by atoms with Gasteiger partial charge >= 0.3 is 12.1 Å². The summed E-state index contributed by atoms with van der Waals surface area (Å²) in [6, 6.07) is 6.21. The number of benzene rings is 1. The number of likely N-dealkylation sites (tertiary alicyclic amines) is 2. The van der Waals surface area contributed by atoms with Gasteiger partial charge in [0, 0.05) is 63.0 Å². The molecule has 3 aliphatic carbocycles. The molecule has 4 atom stereocenters. The number of carboxylic acids is 1. The maximum absolute atomic E-state index is 14.7. The number of rotatable bonds is 7. The molecular weight excluding hydrogens is 689 g/mol. The molecule has 2 bridgehead atoms. The zero-order valence-corrected chi connectivity index (χ0v) is 30.5. The van der Waals surface area contributed by atoms with Crippen LogP contribution in [-0.2, 0) is 21.2 Å². The highest BCUT2D eigenvalue weighted by Crippen LogP contribution is 2.53. The van der Waals surface area contributed by atoms with Crippen LogP contribution in [0.2, 0.25) is 0 Å². The lowest BCUT2D eigenvalue weighted by Crippen LogP contribution is -2.62. The molecule has 3 saturated carbocycles. The summed E-state index contributed by atoms with van der Waals surface area (Å²) in [5.41, 5.74) is -2.31. The Kier molecular flexibility index (Phi) is 9.13. The first-order valence-electron chi connectivity index (χ1n) is 19.3. The van der Waals surface area contributed by atoms with E-state index in [2.05, 4.69) is 26.3 Å². The summed E-state index contributed by atoms with van der Waals surface area (Å²) in [7, 11) is 0. The second-order valence-electron chi connectivity index (χ2n) is 16.8. The van der Waals surface area contributed by atoms with Gasteiger partial charge in [0.05, 0.1) is 5.56 Å². The summed E-state index contributed by atoms with van der Waals surface area (Å²) in [6.45, 7) is 7.41. The molecule has 2 N–H and O–H groups in total. The first-order valence-corrected chi connectivity index (χ1v) is 19.3. The average Bonchev–Trinajstić information content (AvgIpc) is 3.54. The van der Waals surface area contributed by atoms with E-state index in [0.717, 1.165) is 101 Å². The molecule has 3 aliphatic heterocycles. The molecule has 4 heterocycles. The quantitative estimate of drug-likeness (QED) is 0.355. The van der Waals surface area contributed by atoms with E-state index in [4.69, 9.17) is 4.74 Å². The molecule has 1 aromatic heterocycles. The van der Waals surface area contributed by atoms with Crippen LogP contribution in [0.25, 0.3) is 0 Å². The molecular formula is C39H49F3N6O5. The predicted molar refractivity (Wildman–Crippen MR) is 189 cm³/mol. The number of nitrogens with zero attached hydrogens (tertiary/aromatic N) is 5. The zero-order chi connectivity index (χ0) is 37.3. The summed E-state index contributed by atoms with van der Waals surface area (Å²) in [5, 5.41) is 12.9. The van der Waals surface area contributed by atoms with Gasteiger partial charge in [-0.1, -0.05) is 26.2 Å². The van der Waals surface area contributed by atoms with E-state index in [1.54, 1.807) is 11.8 Å². The summed E-state index contributed by atoms with van der Waals surface area (Å²) in [4.78, 5) is 52.3. The largest absolute Gasteiger partial charge is 0.490 e. The van der Waals surface area contributed by atoms with Crippen molar-refractivity contribution in [2.24, 2.45) is 17.8 Å². The molecule has 2 aromatic rings. The van der Waals surface area contributed by atoms with E-state index in [-0.39, 0.29) is 47.5 Å². The number of aliphatic carboxylic acids is 1. The predicted octanol–water partition coefficient (Wildman–Crippen LogP) is 5.93. The first-order chi connectivity index (χ1) is 25.2. The van der Waals surface area contributed by atoms with Crippen molar-refractivity contribution >= 4 is 29.4 Å². The zero-order valence-electron chi connectivity index (χ0n) is 30.5. The van der Waals surface area contributed by atoms with E-state index in [9.17, 15) is 32.7 Å². The molecule has 0 radical (unpaired) electrons. The number of hydrogen-bond donors (Lipinski definition) is 2. The van der Waals surface area contributed by atoms with Gasteiger partial charge in [-0.2, -0.15) is 13.2 Å². The number of carbonyl (C=O) groups is 3. The Morgan fingerprint density at radius 3 is 2.45 bits per heavy atom. The van der Waals surface area contributed by atoms with Crippen LogP contribution in [0.5, 0.6) is 5.75 Å². The second kappa shape index (κ2) is 13.4. The molecule has 14 heteroatoms. The molecule has 11 nitrogen and oxygen atoms in total. The van der Waals surface area contributed by atoms with Crippen molar-refractivity contribution in [3.8, 4) is 5.75 Å². The number of nitrogens with one attached hydrogen (secondary N) is 1. The molecule has 5 fully saturated rings. The van der Waals surface area contributed by atoms with Crippen LogP contribution >= 0.6 is 0 Å². The highest BCUT2D eigenvalue weighted by Gasteiger charge is 2.57. The third-order valence-electron chi connectivity index (χ3n) is 13.3. The molecule has 2 amide bonds. The van der Waals surface area contributed by atoms with E-state index in [1.807, 2.05) is 24.0 Å². The average molecular weight is 739 g/mol. The number of carbonyl (C=O) groups excluding carboxylic acids is 2. The Hall–Kier alpha value is -3.94. The fourth-order valence-electron chi connectivity index (χ4n) is 10.6. The van der Waals surface area contributed by atoms with Gasteiger partial charge in [0.2, 0.25) is 11.9 Å².